The van der Waals surface area contributed by atoms with Gasteiger partial charge in [0.25, 0.3) is 0 Å². The van der Waals surface area contributed by atoms with Crippen molar-refractivity contribution in [3.8, 4) is 39.4 Å². The second kappa shape index (κ2) is 11.5. The number of rotatable bonds is 5. The molecule has 0 aromatic heterocycles. The summed E-state index contributed by atoms with van der Waals surface area (Å²) in [4.78, 5) is 0. The molecule has 0 bridgehead atoms. The molecule has 0 heterocycles. The van der Waals surface area contributed by atoms with Crippen LogP contribution in [0.3, 0.4) is 0 Å². The lowest BCUT2D eigenvalue weighted by Gasteiger charge is -2.42. The van der Waals surface area contributed by atoms with Gasteiger partial charge < -0.3 is 0 Å². The molecule has 0 radical (unpaired) electrons. The van der Waals surface area contributed by atoms with Gasteiger partial charge in [-0.05, 0) is 102 Å². The molecule has 224 valence electrons. The first kappa shape index (κ1) is 28.0. The molecular formula is C47H31N. The Balaban J connectivity index is 1.12. The molecule has 0 saturated carbocycles. The van der Waals surface area contributed by atoms with Gasteiger partial charge in [0.05, 0.1) is 11.6 Å². The van der Waals surface area contributed by atoms with Crippen molar-refractivity contribution in [1.29, 1.82) is 5.26 Å². The fourth-order valence-corrected chi connectivity index (χ4v) is 7.84. The van der Waals surface area contributed by atoms with Crippen molar-refractivity contribution in [2.75, 3.05) is 0 Å². The highest BCUT2D eigenvalue weighted by Gasteiger charge is 2.40. The fraction of sp³-hybridized carbons (Fsp3) is 0.0426. The topological polar surface area (TPSA) is 23.8 Å². The largest absolute Gasteiger partial charge is 0.192 e. The molecule has 2 unspecified atom stereocenters. The molecule has 9 rings (SSSR count). The molecule has 4 aliphatic carbocycles. The lowest BCUT2D eigenvalue weighted by molar-refractivity contribution is 0.569. The quantitative estimate of drug-likeness (QED) is 0.194. The van der Waals surface area contributed by atoms with Crippen molar-refractivity contribution in [1.82, 2.24) is 0 Å². The van der Waals surface area contributed by atoms with Gasteiger partial charge in [-0.1, -0.05) is 152 Å². The normalized spacial score (nSPS) is 18.6. The van der Waals surface area contributed by atoms with Gasteiger partial charge in [-0.15, -0.1) is 0 Å². The molecular weight excluding hydrogens is 579 g/mol. The van der Waals surface area contributed by atoms with Crippen LogP contribution in [0.1, 0.15) is 16.7 Å². The van der Waals surface area contributed by atoms with Gasteiger partial charge in [-0.25, -0.2) is 0 Å². The predicted molar refractivity (Wildman–Crippen MR) is 198 cm³/mol. The van der Waals surface area contributed by atoms with E-state index in [2.05, 4.69) is 170 Å². The maximum Gasteiger partial charge on any atom is 0.0991 e. The third-order valence-electron chi connectivity index (χ3n) is 10.2. The zero-order valence-electron chi connectivity index (χ0n) is 26.3. The maximum absolute atomic E-state index is 9.34. The average Bonchev–Trinajstić information content (AvgIpc) is 3.17. The van der Waals surface area contributed by atoms with E-state index in [1.54, 1.807) is 0 Å². The molecule has 1 nitrogen and oxygen atoms in total. The van der Waals surface area contributed by atoms with E-state index < -0.39 is 0 Å². The standard InChI is InChI=1S/C47H31N/c48-30-31-14-16-34(17-15-31)40-23-18-35-21-27-44-41(24-19-36-20-26-43(40)46(35)47(36)44)38-12-7-13-39(28-38)42-25-22-37(32-8-3-1-4-9-32)29-45(42)33-10-5-2-6-11-33/h1-29,46-47H. The van der Waals surface area contributed by atoms with Crippen molar-refractivity contribution < 1.29 is 0 Å². The second-order valence-corrected chi connectivity index (χ2v) is 12.8. The molecule has 5 aromatic carbocycles. The van der Waals surface area contributed by atoms with Crippen molar-refractivity contribution in [3.05, 3.63) is 215 Å². The lowest BCUT2D eigenvalue weighted by Crippen LogP contribution is -2.30. The first-order valence-corrected chi connectivity index (χ1v) is 16.6. The van der Waals surface area contributed by atoms with Crippen molar-refractivity contribution in [2.24, 2.45) is 11.8 Å². The van der Waals surface area contributed by atoms with Crippen molar-refractivity contribution in [2.45, 2.75) is 0 Å². The molecule has 0 N–H and O–H groups in total. The first-order chi connectivity index (χ1) is 23.7. The van der Waals surface area contributed by atoms with E-state index in [1.807, 2.05) is 12.1 Å². The summed E-state index contributed by atoms with van der Waals surface area (Å²) in [5.41, 5.74) is 18.3. The van der Waals surface area contributed by atoms with Gasteiger partial charge in [0, 0.05) is 11.8 Å². The average molecular weight is 610 g/mol. The first-order valence-electron chi connectivity index (χ1n) is 16.6. The summed E-state index contributed by atoms with van der Waals surface area (Å²) in [6.45, 7) is 0. The Bertz CT molecular complexity index is 2370. The van der Waals surface area contributed by atoms with Crippen molar-refractivity contribution >= 4 is 11.1 Å². The Hall–Kier alpha value is -6.23. The number of allylic oxidation sites excluding steroid dienone is 14. The lowest BCUT2D eigenvalue weighted by atomic mass is 9.61. The number of nitriles is 1. The summed E-state index contributed by atoms with van der Waals surface area (Å²) in [6.07, 6.45) is 18.4. The highest BCUT2D eigenvalue weighted by Crippen LogP contribution is 2.54. The molecule has 48 heavy (non-hydrogen) atoms. The van der Waals surface area contributed by atoms with Gasteiger partial charge in [0.2, 0.25) is 0 Å². The Kier molecular flexibility index (Phi) is 6.74. The second-order valence-electron chi connectivity index (χ2n) is 12.8. The van der Waals surface area contributed by atoms with E-state index in [9.17, 15) is 5.26 Å². The van der Waals surface area contributed by atoms with Gasteiger partial charge in [0.1, 0.15) is 0 Å². The van der Waals surface area contributed by atoms with Gasteiger partial charge in [0.15, 0.2) is 0 Å². The smallest absolute Gasteiger partial charge is 0.0991 e. The minimum Gasteiger partial charge on any atom is -0.192 e. The van der Waals surface area contributed by atoms with E-state index in [1.165, 1.54) is 72.4 Å². The molecule has 0 aliphatic heterocycles. The molecule has 0 saturated heterocycles. The minimum absolute atomic E-state index is 0.261. The number of hydrogen-bond acceptors (Lipinski definition) is 1. The maximum atomic E-state index is 9.34. The van der Waals surface area contributed by atoms with Crippen LogP contribution >= 0.6 is 0 Å². The van der Waals surface area contributed by atoms with Crippen LogP contribution in [0.25, 0.3) is 44.5 Å². The predicted octanol–water partition coefficient (Wildman–Crippen LogP) is 11.6. The van der Waals surface area contributed by atoms with Gasteiger partial charge in [-0.3, -0.25) is 0 Å². The molecule has 5 aromatic rings. The van der Waals surface area contributed by atoms with E-state index in [4.69, 9.17) is 0 Å². The van der Waals surface area contributed by atoms with Crippen LogP contribution in [0.15, 0.2) is 198 Å². The Morgan fingerprint density at radius 3 is 1.90 bits per heavy atom. The molecule has 1 heteroatoms. The van der Waals surface area contributed by atoms with Crippen LogP contribution in [0.5, 0.6) is 0 Å². The monoisotopic (exact) mass is 609 g/mol. The summed E-state index contributed by atoms with van der Waals surface area (Å²) in [5, 5.41) is 9.34. The number of hydrogen-bond donors (Lipinski definition) is 0. The van der Waals surface area contributed by atoms with E-state index in [0.29, 0.717) is 5.56 Å². The molecule has 0 fully saturated rings. The van der Waals surface area contributed by atoms with Crippen LogP contribution in [-0.2, 0) is 0 Å². The number of benzene rings is 5. The highest BCUT2D eigenvalue weighted by molar-refractivity contribution is 5.92. The van der Waals surface area contributed by atoms with Gasteiger partial charge >= 0.3 is 0 Å². The van der Waals surface area contributed by atoms with Crippen molar-refractivity contribution in [3.63, 3.8) is 0 Å². The Labute approximate surface area is 281 Å². The van der Waals surface area contributed by atoms with E-state index in [-0.39, 0.29) is 11.8 Å². The summed E-state index contributed by atoms with van der Waals surface area (Å²) < 4.78 is 0. The van der Waals surface area contributed by atoms with Crippen LogP contribution in [0, 0.1) is 23.2 Å². The fourth-order valence-electron chi connectivity index (χ4n) is 7.84. The highest BCUT2D eigenvalue weighted by atomic mass is 14.4. The van der Waals surface area contributed by atoms with Gasteiger partial charge in [-0.2, -0.15) is 5.26 Å². The van der Waals surface area contributed by atoms with E-state index in [0.717, 1.165) is 5.56 Å². The van der Waals surface area contributed by atoms with Crippen LogP contribution < -0.4 is 0 Å². The zero-order valence-corrected chi connectivity index (χ0v) is 26.3. The molecule has 4 aliphatic rings. The minimum atomic E-state index is 0.261. The van der Waals surface area contributed by atoms with Crippen LogP contribution in [0.2, 0.25) is 0 Å². The number of nitrogens with zero attached hydrogens (tertiary/aromatic N) is 1. The summed E-state index contributed by atoms with van der Waals surface area (Å²) in [6, 6.07) is 47.5. The third kappa shape index (κ3) is 4.70. The summed E-state index contributed by atoms with van der Waals surface area (Å²) >= 11 is 0. The Morgan fingerprint density at radius 1 is 0.438 bits per heavy atom. The van der Waals surface area contributed by atoms with Crippen LogP contribution in [-0.4, -0.2) is 0 Å². The SMILES string of the molecule is N#Cc1ccc(C2=C3C=CC4=CC=C(c5cccc(-c6ccc(-c7ccccc7)cc6-c6ccccc6)c5)C5=CC=C(C=C2)C3C45)cc1. The molecule has 0 amide bonds. The van der Waals surface area contributed by atoms with Crippen LogP contribution in [0.4, 0.5) is 0 Å². The molecule has 2 atom stereocenters. The third-order valence-corrected chi connectivity index (χ3v) is 10.2. The van der Waals surface area contributed by atoms with E-state index >= 15 is 0 Å². The Morgan fingerprint density at radius 2 is 1.10 bits per heavy atom. The zero-order chi connectivity index (χ0) is 32.0. The molecule has 0 spiro atoms. The summed E-state index contributed by atoms with van der Waals surface area (Å²) in [5.74, 6) is 0.524. The summed E-state index contributed by atoms with van der Waals surface area (Å²) in [7, 11) is 0.